The van der Waals surface area contributed by atoms with E-state index in [-0.39, 0.29) is 5.96 Å². The van der Waals surface area contributed by atoms with Crippen LogP contribution in [0.2, 0.25) is 10.0 Å². The number of aryl methyl sites for hydroxylation is 1. The minimum absolute atomic E-state index is 0.155. The lowest BCUT2D eigenvalue weighted by Gasteiger charge is -2.19. The van der Waals surface area contributed by atoms with Crippen LogP contribution in [-0.2, 0) is 0 Å². The lowest BCUT2D eigenvalue weighted by atomic mass is 10.1. The van der Waals surface area contributed by atoms with E-state index in [1.54, 1.807) is 18.2 Å². The van der Waals surface area contributed by atoms with Crippen LogP contribution in [0.4, 0.5) is 17.5 Å². The first-order valence-corrected chi connectivity index (χ1v) is 10.0. The minimum atomic E-state index is 0.155. The van der Waals surface area contributed by atoms with Gasteiger partial charge in [0.25, 0.3) is 5.95 Å². The van der Waals surface area contributed by atoms with Gasteiger partial charge in [0.1, 0.15) is 5.82 Å². The van der Waals surface area contributed by atoms with Crippen LogP contribution in [0.15, 0.2) is 29.3 Å². The first kappa shape index (κ1) is 20.6. The van der Waals surface area contributed by atoms with Gasteiger partial charge in [-0.15, -0.1) is 0 Å². The Bertz CT molecular complexity index is 836. The topological polar surface area (TPSA) is 91.5 Å². The Labute approximate surface area is 175 Å². The molecule has 1 aliphatic rings. The zero-order valence-electron chi connectivity index (χ0n) is 16.0. The number of hydrogen-bond acceptors (Lipinski definition) is 5. The van der Waals surface area contributed by atoms with Crippen LogP contribution in [0.5, 0.6) is 0 Å². The van der Waals surface area contributed by atoms with E-state index < -0.39 is 0 Å². The van der Waals surface area contributed by atoms with Crippen LogP contribution in [0.3, 0.4) is 0 Å². The smallest absolute Gasteiger partial charge is 0.254 e. The maximum atomic E-state index is 6.00. The fraction of sp³-hybridized carbons (Fsp3) is 0.421. The molecule has 0 spiro atoms. The molecule has 3 rings (SSSR count). The minimum Gasteiger partial charge on any atom is -0.370 e. The van der Waals surface area contributed by atoms with Crippen molar-refractivity contribution in [3.63, 3.8) is 0 Å². The van der Waals surface area contributed by atoms with Gasteiger partial charge in [0.15, 0.2) is 0 Å². The molecule has 7 nitrogen and oxygen atoms in total. The normalized spacial score (nSPS) is 17.7. The second-order valence-corrected chi connectivity index (χ2v) is 7.84. The van der Waals surface area contributed by atoms with Crippen LogP contribution >= 0.6 is 23.2 Å². The van der Waals surface area contributed by atoms with Crippen molar-refractivity contribution in [2.75, 3.05) is 30.8 Å². The summed E-state index contributed by atoms with van der Waals surface area (Å²) >= 11 is 12.0. The number of anilines is 2. The van der Waals surface area contributed by atoms with Gasteiger partial charge in [-0.2, -0.15) is 9.98 Å². The molecule has 0 aliphatic carbocycles. The van der Waals surface area contributed by atoms with Gasteiger partial charge in [-0.1, -0.05) is 23.2 Å². The fourth-order valence-corrected chi connectivity index (χ4v) is 3.84. The van der Waals surface area contributed by atoms with E-state index in [1.165, 1.54) is 19.4 Å². The number of likely N-dealkylation sites (tertiary alicyclic amines) is 1. The molecule has 1 atom stereocenters. The quantitative estimate of drug-likeness (QED) is 0.481. The van der Waals surface area contributed by atoms with Gasteiger partial charge in [-0.25, -0.2) is 4.98 Å². The van der Waals surface area contributed by atoms with Crippen molar-refractivity contribution in [3.05, 3.63) is 40.0 Å². The summed E-state index contributed by atoms with van der Waals surface area (Å²) in [6, 6.07) is 7.60. The third-order valence-corrected chi connectivity index (χ3v) is 5.09. The lowest BCUT2D eigenvalue weighted by Crippen LogP contribution is -2.27. The van der Waals surface area contributed by atoms with Gasteiger partial charge in [0, 0.05) is 40.1 Å². The van der Waals surface area contributed by atoms with Crippen LogP contribution in [0.1, 0.15) is 25.0 Å². The number of aliphatic imine (C=N–C) groups is 1. The molecule has 2 aromatic rings. The number of nitrogens with zero attached hydrogens (tertiary/aromatic N) is 4. The summed E-state index contributed by atoms with van der Waals surface area (Å²) in [5.41, 5.74) is 7.44. The zero-order valence-corrected chi connectivity index (χ0v) is 17.6. The SMILES string of the molecule is Cc1cc(NCCC2CCCN2C)nc(/N=C(\N)Nc2cc(Cl)cc(Cl)c2)n1. The standard InChI is InChI=1S/C19H25Cl2N7/c1-12-8-17(23-6-5-16-4-3-7-28(16)2)26-19(24-12)27-18(22)25-15-10-13(20)9-14(21)11-15/h8-11,16H,3-7H2,1-2H3,(H4,22,23,24,25,26,27). The molecule has 9 heteroatoms. The third-order valence-electron chi connectivity index (χ3n) is 4.65. The number of nitrogens with two attached hydrogens (primary N) is 1. The number of benzene rings is 1. The van der Waals surface area contributed by atoms with Gasteiger partial charge in [-0.3, -0.25) is 0 Å². The highest BCUT2D eigenvalue weighted by Gasteiger charge is 2.19. The van der Waals surface area contributed by atoms with Crippen molar-refractivity contribution in [1.82, 2.24) is 14.9 Å². The number of aromatic nitrogens is 2. The Morgan fingerprint density at radius 2 is 2.00 bits per heavy atom. The second kappa shape index (κ2) is 9.41. The molecule has 0 amide bonds. The summed E-state index contributed by atoms with van der Waals surface area (Å²) < 4.78 is 0. The molecule has 1 aromatic heterocycles. The number of nitrogens with one attached hydrogen (secondary N) is 2. The lowest BCUT2D eigenvalue weighted by molar-refractivity contribution is 0.301. The molecule has 0 saturated carbocycles. The molecule has 1 unspecified atom stereocenters. The molecule has 1 aliphatic heterocycles. The predicted molar refractivity (Wildman–Crippen MR) is 117 cm³/mol. The molecule has 0 radical (unpaired) electrons. The van der Waals surface area contributed by atoms with E-state index in [2.05, 4.69) is 37.5 Å². The molecule has 1 saturated heterocycles. The number of halogens is 2. The summed E-state index contributed by atoms with van der Waals surface area (Å²) in [6.07, 6.45) is 3.61. The zero-order chi connectivity index (χ0) is 20.1. The number of rotatable bonds is 6. The highest BCUT2D eigenvalue weighted by Crippen LogP contribution is 2.22. The Morgan fingerprint density at radius 1 is 1.25 bits per heavy atom. The third kappa shape index (κ3) is 5.95. The summed E-state index contributed by atoms with van der Waals surface area (Å²) in [4.78, 5) is 15.4. The van der Waals surface area contributed by atoms with Crippen molar-refractivity contribution in [2.24, 2.45) is 10.7 Å². The fourth-order valence-electron chi connectivity index (χ4n) is 3.31. The molecule has 150 valence electrons. The van der Waals surface area contributed by atoms with Gasteiger partial charge < -0.3 is 21.3 Å². The van der Waals surface area contributed by atoms with E-state index in [0.717, 1.165) is 24.5 Å². The monoisotopic (exact) mass is 421 g/mol. The van der Waals surface area contributed by atoms with Crippen LogP contribution in [0, 0.1) is 6.92 Å². The summed E-state index contributed by atoms with van der Waals surface area (Å²) in [7, 11) is 2.18. The van der Waals surface area contributed by atoms with Crippen LogP contribution in [-0.4, -0.2) is 47.0 Å². The summed E-state index contributed by atoms with van der Waals surface area (Å²) in [6.45, 7) is 3.93. The molecule has 0 bridgehead atoms. The molecule has 2 heterocycles. The summed E-state index contributed by atoms with van der Waals surface area (Å²) in [5.74, 6) is 1.19. The van der Waals surface area contributed by atoms with Gasteiger partial charge in [-0.05, 0) is 58.0 Å². The van der Waals surface area contributed by atoms with E-state index in [4.69, 9.17) is 28.9 Å². The maximum absolute atomic E-state index is 6.00. The number of guanidine groups is 1. The summed E-state index contributed by atoms with van der Waals surface area (Å²) in [5, 5.41) is 7.33. The predicted octanol–water partition coefficient (Wildman–Crippen LogP) is 4.05. The Kier molecular flexibility index (Phi) is 6.93. The highest BCUT2D eigenvalue weighted by atomic mass is 35.5. The van der Waals surface area contributed by atoms with Gasteiger partial charge in [0.05, 0.1) is 0 Å². The number of hydrogen-bond donors (Lipinski definition) is 3. The van der Waals surface area contributed by atoms with Gasteiger partial charge >= 0.3 is 0 Å². The van der Waals surface area contributed by atoms with Crippen LogP contribution < -0.4 is 16.4 Å². The average Bonchev–Trinajstić information content (AvgIpc) is 2.98. The Balaban J connectivity index is 1.63. The van der Waals surface area contributed by atoms with Crippen molar-refractivity contribution in [3.8, 4) is 0 Å². The molecule has 4 N–H and O–H groups in total. The first-order valence-electron chi connectivity index (χ1n) is 9.26. The Hall–Kier alpha value is -2.09. The largest absolute Gasteiger partial charge is 0.370 e. The van der Waals surface area contributed by atoms with Crippen LogP contribution in [0.25, 0.3) is 0 Å². The van der Waals surface area contributed by atoms with E-state index in [1.807, 2.05) is 13.0 Å². The van der Waals surface area contributed by atoms with E-state index >= 15 is 0 Å². The average molecular weight is 422 g/mol. The van der Waals surface area contributed by atoms with E-state index in [0.29, 0.717) is 27.7 Å². The van der Waals surface area contributed by atoms with E-state index in [9.17, 15) is 0 Å². The molecule has 28 heavy (non-hydrogen) atoms. The second-order valence-electron chi connectivity index (χ2n) is 6.97. The van der Waals surface area contributed by atoms with Crippen molar-refractivity contribution in [1.29, 1.82) is 0 Å². The molecule has 1 aromatic carbocycles. The van der Waals surface area contributed by atoms with Gasteiger partial charge in [0.2, 0.25) is 5.96 Å². The van der Waals surface area contributed by atoms with Crippen molar-refractivity contribution < 1.29 is 0 Å². The molecular formula is C19H25Cl2N7. The molecular weight excluding hydrogens is 397 g/mol. The maximum Gasteiger partial charge on any atom is 0.254 e. The highest BCUT2D eigenvalue weighted by molar-refractivity contribution is 6.35. The van der Waals surface area contributed by atoms with Crippen molar-refractivity contribution >= 4 is 46.6 Å². The van der Waals surface area contributed by atoms with Crippen molar-refractivity contribution in [2.45, 2.75) is 32.2 Å². The first-order chi connectivity index (χ1) is 13.4. The molecule has 1 fully saturated rings. The Morgan fingerprint density at radius 3 is 2.68 bits per heavy atom.